The number of rotatable bonds is 1. The van der Waals surface area contributed by atoms with Crippen molar-refractivity contribution in [3.8, 4) is 0 Å². The molecule has 0 spiro atoms. The lowest BCUT2D eigenvalue weighted by Crippen LogP contribution is -2.10. The molecule has 5 nitrogen and oxygen atoms in total. The van der Waals surface area contributed by atoms with E-state index in [1.807, 2.05) is 0 Å². The number of nitrogens with zero attached hydrogens (tertiary/aromatic N) is 3. The Balaban J connectivity index is 2.85. The Morgan fingerprint density at radius 2 is 2.58 bits per heavy atom. The topological polar surface area (TPSA) is 73.3 Å². The van der Waals surface area contributed by atoms with Gasteiger partial charge in [-0.3, -0.25) is 4.79 Å². The Labute approximate surface area is 70.6 Å². The molecule has 60 valence electrons. The number of carbonyl (C=O) groups excluding carboxylic acids is 1. The van der Waals surface area contributed by atoms with Crippen LogP contribution in [0.4, 0.5) is 0 Å². The second kappa shape index (κ2) is 2.30. The molecule has 2 aromatic heterocycles. The minimum absolute atomic E-state index is 0.00694. The van der Waals surface area contributed by atoms with Crippen molar-refractivity contribution >= 4 is 11.6 Å². The second-order valence-corrected chi connectivity index (χ2v) is 2.17. The molecule has 0 aliphatic heterocycles. The molecule has 0 radical (unpaired) electrons. The van der Waals surface area contributed by atoms with Gasteiger partial charge in [0.25, 0.3) is 5.91 Å². The monoisotopic (exact) mass is 164 g/mol. The van der Waals surface area contributed by atoms with E-state index in [0.717, 1.165) is 4.52 Å². The molecule has 1 amide bonds. The van der Waals surface area contributed by atoms with Crippen LogP contribution in [0.15, 0.2) is 24.6 Å². The van der Waals surface area contributed by atoms with Crippen molar-refractivity contribution in [3.05, 3.63) is 30.2 Å². The molecule has 0 aliphatic carbocycles. The third kappa shape index (κ3) is 0.833. The minimum Gasteiger partial charge on any atom is -0.365 e. The molecular formula is C7H6N4O. The van der Waals surface area contributed by atoms with Crippen LogP contribution in [0.1, 0.15) is 13.1 Å². The average Bonchev–Trinajstić information content (AvgIpc) is 2.47. The van der Waals surface area contributed by atoms with Crippen molar-refractivity contribution in [2.75, 3.05) is 0 Å². The molecule has 0 saturated carbocycles. The van der Waals surface area contributed by atoms with Crippen molar-refractivity contribution in [2.45, 2.75) is 0 Å². The van der Waals surface area contributed by atoms with Crippen molar-refractivity contribution < 1.29 is 7.54 Å². The zero-order chi connectivity index (χ0) is 10.3. The third-order valence-electron chi connectivity index (χ3n) is 1.43. The summed E-state index contributed by atoms with van der Waals surface area (Å²) in [6, 6.07) is 1.23. The lowest BCUT2D eigenvalue weighted by molar-refractivity contribution is 0.100. The molecule has 2 heterocycles. The van der Waals surface area contributed by atoms with E-state index in [9.17, 15) is 4.79 Å². The molecule has 0 atom stereocenters. The summed E-state index contributed by atoms with van der Waals surface area (Å²) < 4.78 is 15.9. The molecule has 0 fully saturated rings. The van der Waals surface area contributed by atoms with Gasteiger partial charge in [-0.15, -0.1) is 0 Å². The van der Waals surface area contributed by atoms with Gasteiger partial charge in [0.1, 0.15) is 5.56 Å². The molecule has 0 saturated heterocycles. The summed E-state index contributed by atoms with van der Waals surface area (Å²) in [5.74, 6) is -0.669. The van der Waals surface area contributed by atoms with Crippen molar-refractivity contribution in [1.29, 1.82) is 0 Å². The number of carbonyl (C=O) groups is 1. The minimum atomic E-state index is -0.669. The molecule has 0 bridgehead atoms. The fourth-order valence-corrected chi connectivity index (χ4v) is 0.901. The van der Waals surface area contributed by atoms with E-state index in [1.165, 1.54) is 12.3 Å². The van der Waals surface area contributed by atoms with Crippen molar-refractivity contribution in [3.63, 3.8) is 0 Å². The number of aromatic nitrogens is 3. The summed E-state index contributed by atoms with van der Waals surface area (Å²) in [5, 5.41) is 3.76. The maximum atomic E-state index is 10.9. The van der Waals surface area contributed by atoms with E-state index < -0.39 is 5.91 Å². The molecule has 12 heavy (non-hydrogen) atoms. The van der Waals surface area contributed by atoms with Crippen LogP contribution >= 0.6 is 0 Å². The van der Waals surface area contributed by atoms with Gasteiger partial charge in [-0.2, -0.15) is 5.10 Å². The van der Waals surface area contributed by atoms with Crippen molar-refractivity contribution in [1.82, 2.24) is 14.6 Å². The van der Waals surface area contributed by atoms with Crippen LogP contribution < -0.4 is 5.73 Å². The molecule has 5 heteroatoms. The predicted molar refractivity (Wildman–Crippen MR) is 41.5 cm³/mol. The second-order valence-electron chi connectivity index (χ2n) is 2.17. The average molecular weight is 164 g/mol. The standard InChI is InChI=1S/C7H6N4O/c8-6(12)5-4-10-11-3-1-2-9-7(5)11/h1-4H,(H2,8,12)/i2D,3D. The van der Waals surface area contributed by atoms with Crippen LogP contribution in [0, 0.1) is 0 Å². The fourth-order valence-electron chi connectivity index (χ4n) is 0.901. The van der Waals surface area contributed by atoms with Gasteiger partial charge < -0.3 is 5.73 Å². The first-order valence-electron chi connectivity index (χ1n) is 4.21. The first kappa shape index (κ1) is 4.87. The normalized spacial score (nSPS) is 12.7. The van der Waals surface area contributed by atoms with Gasteiger partial charge in [0.2, 0.25) is 0 Å². The highest BCUT2D eigenvalue weighted by Gasteiger charge is 2.08. The van der Waals surface area contributed by atoms with Gasteiger partial charge in [0, 0.05) is 12.3 Å². The van der Waals surface area contributed by atoms with Crippen molar-refractivity contribution in [2.24, 2.45) is 5.73 Å². The highest BCUT2D eigenvalue weighted by molar-refractivity contribution is 5.98. The summed E-state index contributed by atoms with van der Waals surface area (Å²) in [5.41, 5.74) is 5.34. The number of hydrogen-bond acceptors (Lipinski definition) is 3. The smallest absolute Gasteiger partial charge is 0.254 e. The van der Waals surface area contributed by atoms with E-state index in [2.05, 4.69) is 10.1 Å². The van der Waals surface area contributed by atoms with Gasteiger partial charge in [-0.1, -0.05) is 0 Å². The lowest BCUT2D eigenvalue weighted by atomic mass is 10.3. The van der Waals surface area contributed by atoms with E-state index in [0.29, 0.717) is 0 Å². The van der Waals surface area contributed by atoms with Gasteiger partial charge in [0.05, 0.1) is 8.94 Å². The summed E-state index contributed by atoms with van der Waals surface area (Å²) in [4.78, 5) is 14.7. The molecule has 0 aliphatic rings. The molecule has 2 aromatic rings. The summed E-state index contributed by atoms with van der Waals surface area (Å²) >= 11 is 0. The van der Waals surface area contributed by atoms with Crippen LogP contribution in [0.2, 0.25) is 0 Å². The largest absolute Gasteiger partial charge is 0.365 e. The molecule has 2 rings (SSSR count). The van der Waals surface area contributed by atoms with Gasteiger partial charge in [-0.25, -0.2) is 9.50 Å². The molecular weight excluding hydrogens is 156 g/mol. The molecule has 0 aromatic carbocycles. The number of hydrogen-bond donors (Lipinski definition) is 1. The van der Waals surface area contributed by atoms with E-state index >= 15 is 0 Å². The molecule has 2 N–H and O–H groups in total. The zero-order valence-corrected chi connectivity index (χ0v) is 5.98. The van der Waals surface area contributed by atoms with Crippen LogP contribution in [0.3, 0.4) is 0 Å². The highest BCUT2D eigenvalue weighted by atomic mass is 16.1. The Morgan fingerprint density at radius 1 is 1.75 bits per heavy atom. The predicted octanol–water partition coefficient (Wildman–Crippen LogP) is -0.172. The van der Waals surface area contributed by atoms with E-state index in [-0.39, 0.29) is 23.6 Å². The number of fused-ring (bicyclic) bond motifs is 1. The number of nitrogens with two attached hydrogens (primary N) is 1. The van der Waals surface area contributed by atoms with Gasteiger partial charge in [-0.05, 0) is 6.07 Å². The number of primary amides is 1. The van der Waals surface area contributed by atoms with Gasteiger partial charge in [0.15, 0.2) is 5.65 Å². The first-order valence-corrected chi connectivity index (χ1v) is 3.21. The van der Waals surface area contributed by atoms with Crippen LogP contribution in [0.25, 0.3) is 5.65 Å². The fraction of sp³-hybridized carbons (Fsp3) is 0. The van der Waals surface area contributed by atoms with E-state index in [4.69, 9.17) is 8.48 Å². The zero-order valence-electron chi connectivity index (χ0n) is 7.98. The Bertz CT molecular complexity index is 522. The maximum Gasteiger partial charge on any atom is 0.254 e. The Kier molecular flexibility index (Phi) is 0.932. The summed E-state index contributed by atoms with van der Waals surface area (Å²) in [7, 11) is 0. The summed E-state index contributed by atoms with van der Waals surface area (Å²) in [6.45, 7) is 0. The SMILES string of the molecule is [2H]c1cc([2H])n2ncc(C(N)=O)c2n1. The van der Waals surface area contributed by atoms with Crippen LogP contribution in [0.5, 0.6) is 0 Å². The third-order valence-corrected chi connectivity index (χ3v) is 1.43. The van der Waals surface area contributed by atoms with Crippen LogP contribution in [-0.2, 0) is 0 Å². The highest BCUT2D eigenvalue weighted by Crippen LogP contribution is 2.04. The molecule has 0 unspecified atom stereocenters. The van der Waals surface area contributed by atoms with E-state index in [1.54, 1.807) is 0 Å². The summed E-state index contributed by atoms with van der Waals surface area (Å²) in [6.07, 6.45) is 1.14. The number of amides is 1. The van der Waals surface area contributed by atoms with Gasteiger partial charge >= 0.3 is 0 Å². The van der Waals surface area contributed by atoms with Crippen LogP contribution in [-0.4, -0.2) is 20.5 Å². The maximum absolute atomic E-state index is 10.9. The first-order chi connectivity index (χ1) is 6.59. The Morgan fingerprint density at radius 3 is 3.33 bits per heavy atom. The lowest BCUT2D eigenvalue weighted by Gasteiger charge is -1.90. The Hall–Kier alpha value is -1.91. The quantitative estimate of drug-likeness (QED) is 0.635.